The number of carbonyl (C=O) groups excluding carboxylic acids is 1. The van der Waals surface area contributed by atoms with Gasteiger partial charge in [0.1, 0.15) is 5.75 Å². The number of thioether (sulfide) groups is 1. The van der Waals surface area contributed by atoms with E-state index < -0.39 is 0 Å². The Hall–Kier alpha value is -2.34. The van der Waals surface area contributed by atoms with Crippen LogP contribution in [0.5, 0.6) is 17.2 Å². The molecule has 1 N–H and O–H groups in total. The van der Waals surface area contributed by atoms with Crippen LogP contribution in [0.3, 0.4) is 0 Å². The zero-order chi connectivity index (χ0) is 19.8. The molecule has 146 valence electrons. The number of ether oxygens (including phenoxy) is 3. The minimum atomic E-state index is 0.00294. The molecule has 27 heavy (non-hydrogen) atoms. The molecule has 0 bridgehead atoms. The monoisotopic (exact) mass is 389 g/mol. The third kappa shape index (κ3) is 5.82. The summed E-state index contributed by atoms with van der Waals surface area (Å²) in [5, 5.41) is 2.94. The van der Waals surface area contributed by atoms with Crippen molar-refractivity contribution in [1.82, 2.24) is 5.32 Å². The minimum absolute atomic E-state index is 0.00294. The maximum atomic E-state index is 12.2. The number of benzene rings is 2. The molecule has 0 atom stereocenters. The molecule has 1 amide bonds. The Kier molecular flexibility index (Phi) is 7.85. The molecule has 0 saturated heterocycles. The van der Waals surface area contributed by atoms with Gasteiger partial charge in [0.05, 0.1) is 21.3 Å². The molecule has 0 heterocycles. The normalized spacial score (nSPS) is 10.4. The second kappa shape index (κ2) is 10.1. The molecule has 0 radical (unpaired) electrons. The van der Waals surface area contributed by atoms with Crippen LogP contribution in [0.2, 0.25) is 0 Å². The van der Waals surface area contributed by atoms with Gasteiger partial charge in [-0.2, -0.15) is 0 Å². The summed E-state index contributed by atoms with van der Waals surface area (Å²) in [4.78, 5) is 13.4. The van der Waals surface area contributed by atoms with Crippen LogP contribution in [0.4, 0.5) is 0 Å². The molecule has 0 unspecified atom stereocenters. The van der Waals surface area contributed by atoms with E-state index in [4.69, 9.17) is 14.2 Å². The van der Waals surface area contributed by atoms with Gasteiger partial charge in [0.2, 0.25) is 5.91 Å². The molecule has 0 aromatic heterocycles. The van der Waals surface area contributed by atoms with Crippen LogP contribution in [-0.2, 0) is 11.3 Å². The van der Waals surface area contributed by atoms with Crippen molar-refractivity contribution in [2.75, 3.05) is 27.1 Å². The lowest BCUT2D eigenvalue weighted by molar-refractivity contribution is -0.120. The Morgan fingerprint density at radius 2 is 1.59 bits per heavy atom. The van der Waals surface area contributed by atoms with Crippen LogP contribution in [0.15, 0.2) is 35.2 Å². The number of methoxy groups -OCH3 is 3. The molecule has 6 heteroatoms. The van der Waals surface area contributed by atoms with Crippen molar-refractivity contribution in [1.29, 1.82) is 0 Å². The Balaban J connectivity index is 1.88. The standard InChI is InChI=1S/C21H27NO4S/c1-14-6-7-17(10-15(14)2)27-9-8-21(23)22-13-16-11-19(25-4)20(26-5)12-18(16)24-3/h6-7,10-12H,8-9,13H2,1-5H3,(H,22,23). The second-order valence-corrected chi connectivity index (χ2v) is 7.31. The first kappa shape index (κ1) is 21.0. The minimum Gasteiger partial charge on any atom is -0.496 e. The molecule has 2 aromatic carbocycles. The average molecular weight is 390 g/mol. The zero-order valence-electron chi connectivity index (χ0n) is 16.5. The maximum Gasteiger partial charge on any atom is 0.221 e. The van der Waals surface area contributed by atoms with Crippen molar-refractivity contribution >= 4 is 17.7 Å². The van der Waals surface area contributed by atoms with Crippen LogP contribution in [0.1, 0.15) is 23.1 Å². The Morgan fingerprint density at radius 3 is 2.22 bits per heavy atom. The van der Waals surface area contributed by atoms with E-state index in [0.29, 0.717) is 30.2 Å². The lowest BCUT2D eigenvalue weighted by atomic mass is 10.1. The van der Waals surface area contributed by atoms with Gasteiger partial charge in [0.15, 0.2) is 11.5 Å². The summed E-state index contributed by atoms with van der Waals surface area (Å²) in [6, 6.07) is 9.95. The van der Waals surface area contributed by atoms with Crippen molar-refractivity contribution in [2.45, 2.75) is 31.7 Å². The molecule has 2 rings (SSSR count). The molecule has 0 spiro atoms. The van der Waals surface area contributed by atoms with E-state index in [9.17, 15) is 4.79 Å². The number of nitrogens with one attached hydrogen (secondary N) is 1. The van der Waals surface area contributed by atoms with E-state index in [1.165, 1.54) is 16.0 Å². The van der Waals surface area contributed by atoms with E-state index in [-0.39, 0.29) is 5.91 Å². The number of rotatable bonds is 9. The topological polar surface area (TPSA) is 56.8 Å². The summed E-state index contributed by atoms with van der Waals surface area (Å²) in [7, 11) is 4.75. The first-order chi connectivity index (χ1) is 13.0. The highest BCUT2D eigenvalue weighted by Gasteiger charge is 2.12. The molecule has 5 nitrogen and oxygen atoms in total. The second-order valence-electron chi connectivity index (χ2n) is 6.14. The van der Waals surface area contributed by atoms with Gasteiger partial charge in [-0.1, -0.05) is 6.07 Å². The van der Waals surface area contributed by atoms with Gasteiger partial charge in [-0.15, -0.1) is 11.8 Å². The molecule has 0 aliphatic carbocycles. The molecule has 0 aliphatic rings. The largest absolute Gasteiger partial charge is 0.496 e. The fourth-order valence-electron chi connectivity index (χ4n) is 2.58. The van der Waals surface area contributed by atoms with E-state index in [0.717, 1.165) is 11.3 Å². The molecule has 0 saturated carbocycles. The van der Waals surface area contributed by atoms with E-state index in [1.54, 1.807) is 39.2 Å². The van der Waals surface area contributed by atoms with Crippen molar-refractivity contribution in [3.8, 4) is 17.2 Å². The zero-order valence-corrected chi connectivity index (χ0v) is 17.4. The predicted octanol–water partition coefficient (Wildman–Crippen LogP) is 4.13. The summed E-state index contributed by atoms with van der Waals surface area (Å²) < 4.78 is 16.0. The van der Waals surface area contributed by atoms with Crippen molar-refractivity contribution in [2.24, 2.45) is 0 Å². The molecule has 0 aliphatic heterocycles. The van der Waals surface area contributed by atoms with Crippen molar-refractivity contribution in [3.63, 3.8) is 0 Å². The van der Waals surface area contributed by atoms with Gasteiger partial charge in [0.25, 0.3) is 0 Å². The van der Waals surface area contributed by atoms with E-state index >= 15 is 0 Å². The maximum absolute atomic E-state index is 12.2. The first-order valence-electron chi connectivity index (χ1n) is 8.74. The van der Waals surface area contributed by atoms with Crippen molar-refractivity contribution < 1.29 is 19.0 Å². The van der Waals surface area contributed by atoms with Crippen LogP contribution in [-0.4, -0.2) is 33.0 Å². The highest BCUT2D eigenvalue weighted by molar-refractivity contribution is 7.99. The van der Waals surface area contributed by atoms with E-state index in [2.05, 4.69) is 37.4 Å². The van der Waals surface area contributed by atoms with Gasteiger partial charge in [-0.05, 0) is 43.2 Å². The summed E-state index contributed by atoms with van der Waals surface area (Å²) in [6.45, 7) is 4.57. The van der Waals surface area contributed by atoms with Crippen LogP contribution >= 0.6 is 11.8 Å². The molecular formula is C21H27NO4S. The summed E-state index contributed by atoms with van der Waals surface area (Å²) >= 11 is 1.69. The highest BCUT2D eigenvalue weighted by atomic mass is 32.2. The van der Waals surface area contributed by atoms with Crippen LogP contribution in [0.25, 0.3) is 0 Å². The fraction of sp³-hybridized carbons (Fsp3) is 0.381. The summed E-state index contributed by atoms with van der Waals surface area (Å²) in [5.74, 6) is 2.58. The average Bonchev–Trinajstić information content (AvgIpc) is 2.68. The van der Waals surface area contributed by atoms with Gasteiger partial charge in [0, 0.05) is 35.2 Å². The van der Waals surface area contributed by atoms with Crippen molar-refractivity contribution in [3.05, 3.63) is 47.0 Å². The number of aryl methyl sites for hydroxylation is 2. The Labute approximate surface area is 165 Å². The number of amides is 1. The Bertz CT molecular complexity index is 792. The van der Waals surface area contributed by atoms with E-state index in [1.807, 2.05) is 6.07 Å². The molecule has 2 aromatic rings. The van der Waals surface area contributed by atoms with Gasteiger partial charge in [-0.25, -0.2) is 0 Å². The number of hydrogen-bond acceptors (Lipinski definition) is 5. The molecule has 0 fully saturated rings. The summed E-state index contributed by atoms with van der Waals surface area (Å²) in [5.41, 5.74) is 3.39. The number of carbonyl (C=O) groups is 1. The SMILES string of the molecule is COc1cc(OC)c(OC)cc1CNC(=O)CCSc1ccc(C)c(C)c1. The predicted molar refractivity (Wildman–Crippen MR) is 109 cm³/mol. The third-order valence-electron chi connectivity index (χ3n) is 4.34. The lowest BCUT2D eigenvalue weighted by Gasteiger charge is -2.14. The summed E-state index contributed by atoms with van der Waals surface area (Å²) in [6.07, 6.45) is 0.452. The highest BCUT2D eigenvalue weighted by Crippen LogP contribution is 2.34. The quantitative estimate of drug-likeness (QED) is 0.654. The van der Waals surface area contributed by atoms with Crippen LogP contribution in [0, 0.1) is 13.8 Å². The van der Waals surface area contributed by atoms with Gasteiger partial charge in [-0.3, -0.25) is 4.79 Å². The van der Waals surface area contributed by atoms with Crippen LogP contribution < -0.4 is 19.5 Å². The smallest absolute Gasteiger partial charge is 0.221 e. The Morgan fingerprint density at radius 1 is 0.926 bits per heavy atom. The lowest BCUT2D eigenvalue weighted by Crippen LogP contribution is -2.23. The molecular weight excluding hydrogens is 362 g/mol. The number of hydrogen-bond donors (Lipinski definition) is 1. The van der Waals surface area contributed by atoms with Gasteiger partial charge >= 0.3 is 0 Å². The van der Waals surface area contributed by atoms with Gasteiger partial charge < -0.3 is 19.5 Å². The third-order valence-corrected chi connectivity index (χ3v) is 5.33. The fourth-order valence-corrected chi connectivity index (χ4v) is 3.53. The first-order valence-corrected chi connectivity index (χ1v) is 9.72.